The molecule has 3 aromatic rings. The van der Waals surface area contributed by atoms with E-state index in [0.717, 1.165) is 63.1 Å². The molecule has 0 spiro atoms. The van der Waals surface area contributed by atoms with Gasteiger partial charge in [0, 0.05) is 38.4 Å². The highest BCUT2D eigenvalue weighted by Crippen LogP contribution is 2.18. The molecule has 27 heavy (non-hydrogen) atoms. The van der Waals surface area contributed by atoms with Gasteiger partial charge in [-0.25, -0.2) is 9.37 Å². The lowest BCUT2D eigenvalue weighted by molar-refractivity contribution is 0.251. The molecule has 142 valence electrons. The number of halogens is 1. The van der Waals surface area contributed by atoms with Crippen LogP contribution in [0.1, 0.15) is 18.4 Å². The van der Waals surface area contributed by atoms with Crippen LogP contribution in [0.2, 0.25) is 0 Å². The van der Waals surface area contributed by atoms with Crippen LogP contribution in [0.25, 0.3) is 11.0 Å². The summed E-state index contributed by atoms with van der Waals surface area (Å²) in [5.74, 6) is -0.198. The summed E-state index contributed by atoms with van der Waals surface area (Å²) in [5.41, 5.74) is 4.42. The van der Waals surface area contributed by atoms with E-state index in [-0.39, 0.29) is 5.82 Å². The van der Waals surface area contributed by atoms with E-state index in [4.69, 9.17) is 0 Å². The van der Waals surface area contributed by atoms with Crippen LogP contribution in [0.15, 0.2) is 48.8 Å². The van der Waals surface area contributed by atoms with E-state index in [2.05, 4.69) is 50.5 Å². The number of anilines is 1. The summed E-state index contributed by atoms with van der Waals surface area (Å²) in [7, 11) is 0. The SMILES string of the molecule is Cc1cccc(N2CCN(CCCCn3cnc4ccc(F)cc43)CC2)c1. The average Bonchev–Trinajstić information content (AvgIpc) is 3.08. The fraction of sp³-hybridized carbons (Fsp3) is 0.409. The Hall–Kier alpha value is -2.40. The Morgan fingerprint density at radius 2 is 1.78 bits per heavy atom. The number of nitrogens with zero attached hydrogens (tertiary/aromatic N) is 4. The third-order valence-electron chi connectivity index (χ3n) is 5.45. The zero-order valence-corrected chi connectivity index (χ0v) is 15.9. The Labute approximate surface area is 160 Å². The number of fused-ring (bicyclic) bond motifs is 1. The van der Waals surface area contributed by atoms with Crippen molar-refractivity contribution in [2.24, 2.45) is 0 Å². The van der Waals surface area contributed by atoms with Gasteiger partial charge in [0.1, 0.15) is 5.82 Å². The molecule has 1 aliphatic heterocycles. The maximum atomic E-state index is 13.4. The summed E-state index contributed by atoms with van der Waals surface area (Å²) in [6.07, 6.45) is 4.06. The third kappa shape index (κ3) is 4.30. The molecule has 0 bridgehead atoms. The van der Waals surface area contributed by atoms with Crippen molar-refractivity contribution < 1.29 is 4.39 Å². The van der Waals surface area contributed by atoms with Crippen molar-refractivity contribution >= 4 is 16.7 Å². The first-order valence-corrected chi connectivity index (χ1v) is 9.83. The molecule has 4 rings (SSSR count). The van der Waals surface area contributed by atoms with Gasteiger partial charge in [-0.2, -0.15) is 0 Å². The van der Waals surface area contributed by atoms with E-state index in [0.29, 0.717) is 0 Å². The van der Waals surface area contributed by atoms with Gasteiger partial charge >= 0.3 is 0 Å². The Balaban J connectivity index is 1.22. The predicted molar refractivity (Wildman–Crippen MR) is 109 cm³/mol. The Morgan fingerprint density at radius 1 is 0.963 bits per heavy atom. The van der Waals surface area contributed by atoms with Crippen LogP contribution in [0.3, 0.4) is 0 Å². The highest BCUT2D eigenvalue weighted by molar-refractivity contribution is 5.75. The van der Waals surface area contributed by atoms with Gasteiger partial charge in [-0.05, 0) is 62.2 Å². The van der Waals surface area contributed by atoms with Crippen LogP contribution in [-0.4, -0.2) is 47.2 Å². The molecule has 0 unspecified atom stereocenters. The van der Waals surface area contributed by atoms with Crippen molar-refractivity contribution in [1.82, 2.24) is 14.5 Å². The minimum atomic E-state index is -0.198. The second kappa shape index (κ2) is 8.09. The highest BCUT2D eigenvalue weighted by atomic mass is 19.1. The number of hydrogen-bond donors (Lipinski definition) is 0. The lowest BCUT2D eigenvalue weighted by Gasteiger charge is -2.36. The standard InChI is InChI=1S/C22H27FN4/c1-18-5-4-6-20(15-18)26-13-11-25(12-14-26)9-2-3-10-27-17-24-21-8-7-19(23)16-22(21)27/h4-8,15-17H,2-3,9-14H2,1H3. The number of piperazine rings is 1. The molecule has 0 radical (unpaired) electrons. The Morgan fingerprint density at radius 3 is 2.59 bits per heavy atom. The Kier molecular flexibility index (Phi) is 5.39. The maximum absolute atomic E-state index is 13.4. The number of aryl methyl sites for hydroxylation is 2. The summed E-state index contributed by atoms with van der Waals surface area (Å²) in [6.45, 7) is 8.59. The molecular weight excluding hydrogens is 339 g/mol. The molecule has 2 heterocycles. The minimum Gasteiger partial charge on any atom is -0.369 e. The quantitative estimate of drug-likeness (QED) is 0.614. The number of unbranched alkanes of at least 4 members (excludes halogenated alkanes) is 1. The molecule has 0 aliphatic carbocycles. The molecule has 0 atom stereocenters. The highest BCUT2D eigenvalue weighted by Gasteiger charge is 2.16. The monoisotopic (exact) mass is 366 g/mol. The van der Waals surface area contributed by atoms with E-state index in [1.165, 1.54) is 17.3 Å². The zero-order chi connectivity index (χ0) is 18.6. The third-order valence-corrected chi connectivity index (χ3v) is 5.45. The summed E-state index contributed by atoms with van der Waals surface area (Å²) < 4.78 is 15.5. The molecule has 1 saturated heterocycles. The van der Waals surface area contributed by atoms with Crippen LogP contribution in [-0.2, 0) is 6.54 Å². The summed E-state index contributed by atoms with van der Waals surface area (Å²) in [5, 5.41) is 0. The van der Waals surface area contributed by atoms with Crippen LogP contribution in [0, 0.1) is 12.7 Å². The van der Waals surface area contributed by atoms with Crippen LogP contribution < -0.4 is 4.90 Å². The van der Waals surface area contributed by atoms with Crippen molar-refractivity contribution in [3.8, 4) is 0 Å². The summed E-state index contributed by atoms with van der Waals surface area (Å²) in [6, 6.07) is 13.6. The lowest BCUT2D eigenvalue weighted by Crippen LogP contribution is -2.46. The first-order chi connectivity index (χ1) is 13.2. The molecule has 1 fully saturated rings. The second-order valence-corrected chi connectivity index (χ2v) is 7.45. The van der Waals surface area contributed by atoms with Gasteiger partial charge in [-0.1, -0.05) is 12.1 Å². The molecule has 0 amide bonds. The number of aromatic nitrogens is 2. The van der Waals surface area contributed by atoms with Crippen molar-refractivity contribution in [3.05, 3.63) is 60.2 Å². The molecule has 1 aliphatic rings. The molecule has 0 saturated carbocycles. The fourth-order valence-corrected chi connectivity index (χ4v) is 3.88. The predicted octanol–water partition coefficient (Wildman–Crippen LogP) is 4.09. The van der Waals surface area contributed by atoms with E-state index in [1.807, 2.05) is 6.33 Å². The van der Waals surface area contributed by atoms with E-state index < -0.39 is 0 Å². The number of imidazole rings is 1. The van der Waals surface area contributed by atoms with Crippen molar-refractivity contribution in [1.29, 1.82) is 0 Å². The first-order valence-electron chi connectivity index (χ1n) is 9.83. The van der Waals surface area contributed by atoms with Crippen molar-refractivity contribution in [2.75, 3.05) is 37.6 Å². The maximum Gasteiger partial charge on any atom is 0.125 e. The molecule has 2 aromatic carbocycles. The van der Waals surface area contributed by atoms with Crippen LogP contribution >= 0.6 is 0 Å². The zero-order valence-electron chi connectivity index (χ0n) is 15.9. The van der Waals surface area contributed by atoms with Gasteiger partial charge < -0.3 is 9.47 Å². The molecular formula is C22H27FN4. The van der Waals surface area contributed by atoms with Gasteiger partial charge in [-0.15, -0.1) is 0 Å². The molecule has 5 heteroatoms. The van der Waals surface area contributed by atoms with Gasteiger partial charge in [0.2, 0.25) is 0 Å². The summed E-state index contributed by atoms with van der Waals surface area (Å²) >= 11 is 0. The first kappa shape index (κ1) is 18.0. The molecule has 4 nitrogen and oxygen atoms in total. The second-order valence-electron chi connectivity index (χ2n) is 7.45. The summed E-state index contributed by atoms with van der Waals surface area (Å²) in [4.78, 5) is 9.39. The smallest absolute Gasteiger partial charge is 0.125 e. The van der Waals surface area contributed by atoms with Crippen LogP contribution in [0.4, 0.5) is 10.1 Å². The van der Waals surface area contributed by atoms with Gasteiger partial charge in [0.15, 0.2) is 0 Å². The molecule has 1 aromatic heterocycles. The lowest BCUT2D eigenvalue weighted by atomic mass is 10.2. The van der Waals surface area contributed by atoms with Crippen molar-refractivity contribution in [2.45, 2.75) is 26.3 Å². The van der Waals surface area contributed by atoms with Crippen LogP contribution in [0.5, 0.6) is 0 Å². The van der Waals surface area contributed by atoms with Crippen molar-refractivity contribution in [3.63, 3.8) is 0 Å². The van der Waals surface area contributed by atoms with E-state index in [1.54, 1.807) is 12.1 Å². The fourth-order valence-electron chi connectivity index (χ4n) is 3.88. The largest absolute Gasteiger partial charge is 0.369 e. The topological polar surface area (TPSA) is 24.3 Å². The van der Waals surface area contributed by atoms with Gasteiger partial charge in [-0.3, -0.25) is 4.90 Å². The van der Waals surface area contributed by atoms with E-state index in [9.17, 15) is 4.39 Å². The number of rotatable bonds is 6. The molecule has 0 N–H and O–H groups in total. The van der Waals surface area contributed by atoms with Gasteiger partial charge in [0.05, 0.1) is 17.4 Å². The minimum absolute atomic E-state index is 0.198. The van der Waals surface area contributed by atoms with E-state index >= 15 is 0 Å². The normalized spacial score (nSPS) is 15.6. The average molecular weight is 366 g/mol. The number of hydrogen-bond acceptors (Lipinski definition) is 3. The number of benzene rings is 2. The van der Waals surface area contributed by atoms with Gasteiger partial charge in [0.25, 0.3) is 0 Å². The Bertz CT molecular complexity index is 896.